The van der Waals surface area contributed by atoms with Gasteiger partial charge in [-0.3, -0.25) is 13.9 Å². The van der Waals surface area contributed by atoms with Crippen molar-refractivity contribution in [2.75, 3.05) is 18.0 Å². The summed E-state index contributed by atoms with van der Waals surface area (Å²) < 4.78 is 33.7. The summed E-state index contributed by atoms with van der Waals surface area (Å²) in [6, 6.07) is 20.2. The topological polar surface area (TPSA) is 96.0 Å². The van der Waals surface area contributed by atoms with Crippen molar-refractivity contribution in [3.8, 4) is 5.75 Å². The third kappa shape index (κ3) is 7.26. The largest absolute Gasteiger partial charge is 0.497 e. The van der Waals surface area contributed by atoms with Gasteiger partial charge in [-0.05, 0) is 74.9 Å². The number of ether oxygens (including phenoxy) is 1. The molecule has 0 saturated heterocycles. The molecule has 0 fully saturated rings. The van der Waals surface area contributed by atoms with E-state index in [0.717, 1.165) is 9.87 Å². The van der Waals surface area contributed by atoms with Crippen molar-refractivity contribution >= 4 is 39.1 Å². The number of anilines is 1. The lowest BCUT2D eigenvalue weighted by Gasteiger charge is -2.32. The van der Waals surface area contributed by atoms with Gasteiger partial charge in [-0.1, -0.05) is 41.9 Å². The van der Waals surface area contributed by atoms with Crippen LogP contribution in [0.1, 0.15) is 26.3 Å². The first kappa shape index (κ1) is 29.0. The van der Waals surface area contributed by atoms with Crippen LogP contribution < -0.4 is 14.4 Å². The number of benzene rings is 3. The van der Waals surface area contributed by atoms with E-state index in [1.165, 1.54) is 24.1 Å². The van der Waals surface area contributed by atoms with Crippen LogP contribution in [0.4, 0.5) is 5.69 Å². The summed E-state index contributed by atoms with van der Waals surface area (Å²) in [6.07, 6.45) is 0. The maximum atomic E-state index is 13.8. The Balaban J connectivity index is 2.01. The molecule has 2 amide bonds. The molecule has 0 radical (unpaired) electrons. The first-order valence-electron chi connectivity index (χ1n) is 12.1. The van der Waals surface area contributed by atoms with Gasteiger partial charge in [0.25, 0.3) is 10.0 Å². The van der Waals surface area contributed by atoms with Gasteiger partial charge in [0.1, 0.15) is 18.3 Å². The first-order valence-corrected chi connectivity index (χ1v) is 13.9. The van der Waals surface area contributed by atoms with Crippen molar-refractivity contribution in [3.05, 3.63) is 89.4 Å². The van der Waals surface area contributed by atoms with Crippen molar-refractivity contribution in [1.29, 1.82) is 0 Å². The summed E-state index contributed by atoms with van der Waals surface area (Å²) in [5.41, 5.74) is 1.03. The zero-order chi connectivity index (χ0) is 27.9. The fourth-order valence-electron chi connectivity index (χ4n) is 3.77. The summed E-state index contributed by atoms with van der Waals surface area (Å²) in [5.74, 6) is -0.341. The molecule has 202 valence electrons. The minimum Gasteiger partial charge on any atom is -0.497 e. The number of halogens is 1. The van der Waals surface area contributed by atoms with Crippen LogP contribution >= 0.6 is 11.6 Å². The van der Waals surface area contributed by atoms with Gasteiger partial charge < -0.3 is 15.0 Å². The molecule has 0 aliphatic rings. The number of nitrogens with zero attached hydrogens (tertiary/aromatic N) is 2. The normalized spacial score (nSPS) is 12.1. The van der Waals surface area contributed by atoms with Gasteiger partial charge in [0, 0.05) is 17.6 Å². The summed E-state index contributed by atoms with van der Waals surface area (Å²) in [6.45, 7) is 4.84. The average Bonchev–Trinajstić information content (AvgIpc) is 2.91. The molecule has 0 unspecified atom stereocenters. The molecule has 8 nitrogen and oxygen atoms in total. The zero-order valence-electron chi connectivity index (χ0n) is 21.8. The second kappa shape index (κ2) is 12.8. The van der Waals surface area contributed by atoms with Crippen molar-refractivity contribution in [2.24, 2.45) is 0 Å². The molecule has 3 aromatic carbocycles. The van der Waals surface area contributed by atoms with Crippen LogP contribution in [0.3, 0.4) is 0 Å². The summed E-state index contributed by atoms with van der Waals surface area (Å²) in [4.78, 5) is 28.1. The Bertz CT molecular complexity index is 1330. The Labute approximate surface area is 229 Å². The SMILES string of the molecule is COc1ccc(N(CC(=O)N(Cc2ccc(Cl)cc2)[C@@H](C)C(=O)NC(C)C)S(=O)(=O)c2ccccc2)cc1. The number of carbonyl (C=O) groups excluding carboxylic acids is 2. The number of nitrogens with one attached hydrogen (secondary N) is 1. The van der Waals surface area contributed by atoms with E-state index in [9.17, 15) is 18.0 Å². The number of amides is 2. The molecule has 0 bridgehead atoms. The van der Waals surface area contributed by atoms with Gasteiger partial charge in [0.2, 0.25) is 11.8 Å². The highest BCUT2D eigenvalue weighted by Crippen LogP contribution is 2.26. The minimum atomic E-state index is -4.12. The third-order valence-corrected chi connectivity index (χ3v) is 7.87. The molecular weight excluding hydrogens is 526 g/mol. The summed E-state index contributed by atoms with van der Waals surface area (Å²) in [5, 5.41) is 3.37. The Kier molecular flexibility index (Phi) is 9.77. The van der Waals surface area contributed by atoms with Crippen LogP contribution in [0.15, 0.2) is 83.8 Å². The Morgan fingerprint density at radius 2 is 1.53 bits per heavy atom. The lowest BCUT2D eigenvalue weighted by Crippen LogP contribution is -2.52. The number of methoxy groups -OCH3 is 1. The molecule has 0 aromatic heterocycles. The maximum Gasteiger partial charge on any atom is 0.264 e. The highest BCUT2D eigenvalue weighted by molar-refractivity contribution is 7.92. The van der Waals surface area contributed by atoms with Gasteiger partial charge in [-0.15, -0.1) is 0 Å². The molecule has 1 atom stereocenters. The molecular formula is C28H32ClN3O5S. The van der Waals surface area contributed by atoms with Crippen molar-refractivity contribution in [3.63, 3.8) is 0 Å². The van der Waals surface area contributed by atoms with Gasteiger partial charge in [-0.2, -0.15) is 0 Å². The molecule has 0 aliphatic carbocycles. The Hall–Kier alpha value is -3.56. The monoisotopic (exact) mass is 557 g/mol. The highest BCUT2D eigenvalue weighted by Gasteiger charge is 2.32. The van der Waals surface area contributed by atoms with Gasteiger partial charge >= 0.3 is 0 Å². The molecule has 3 rings (SSSR count). The lowest BCUT2D eigenvalue weighted by molar-refractivity contribution is -0.139. The highest BCUT2D eigenvalue weighted by atomic mass is 35.5. The smallest absolute Gasteiger partial charge is 0.264 e. The predicted octanol–water partition coefficient (Wildman–Crippen LogP) is 4.49. The number of hydrogen-bond acceptors (Lipinski definition) is 5. The van der Waals surface area contributed by atoms with Gasteiger partial charge in [0.15, 0.2) is 0 Å². The van der Waals surface area contributed by atoms with Gasteiger partial charge in [-0.25, -0.2) is 8.42 Å². The number of carbonyl (C=O) groups is 2. The van der Waals surface area contributed by atoms with E-state index >= 15 is 0 Å². The van der Waals surface area contributed by atoms with Crippen molar-refractivity contribution in [2.45, 2.75) is 44.3 Å². The second-order valence-electron chi connectivity index (χ2n) is 9.01. The van der Waals surface area contributed by atoms with Crippen LogP contribution in [-0.2, 0) is 26.2 Å². The van der Waals surface area contributed by atoms with E-state index < -0.39 is 28.5 Å². The molecule has 0 spiro atoms. The summed E-state index contributed by atoms with van der Waals surface area (Å²) >= 11 is 6.02. The molecule has 0 aliphatic heterocycles. The molecule has 10 heteroatoms. The van der Waals surface area contributed by atoms with Crippen LogP contribution in [0.5, 0.6) is 5.75 Å². The number of rotatable bonds is 11. The Morgan fingerprint density at radius 1 is 0.921 bits per heavy atom. The van der Waals surface area contributed by atoms with Crippen molar-refractivity contribution in [1.82, 2.24) is 10.2 Å². The van der Waals surface area contributed by atoms with Gasteiger partial charge in [0.05, 0.1) is 17.7 Å². The van der Waals surface area contributed by atoms with E-state index in [1.54, 1.807) is 73.7 Å². The van der Waals surface area contributed by atoms with E-state index in [4.69, 9.17) is 16.3 Å². The standard InChI is InChI=1S/C28H32ClN3O5S/c1-20(2)30-28(34)21(3)31(18-22-10-12-23(29)13-11-22)27(33)19-32(24-14-16-25(37-4)17-15-24)38(35,36)26-8-6-5-7-9-26/h5-17,20-21H,18-19H2,1-4H3,(H,30,34)/t21-/m0/s1. The molecule has 3 aromatic rings. The second-order valence-corrected chi connectivity index (χ2v) is 11.3. The van der Waals surface area contributed by atoms with Crippen LogP contribution in [-0.4, -0.2) is 50.9 Å². The molecule has 0 heterocycles. The third-order valence-electron chi connectivity index (χ3n) is 5.83. The van der Waals surface area contributed by atoms with Crippen LogP contribution in [0.25, 0.3) is 0 Å². The predicted molar refractivity (Wildman–Crippen MR) is 149 cm³/mol. The van der Waals surface area contributed by atoms with E-state index in [2.05, 4.69) is 5.32 Å². The number of sulfonamides is 1. The van der Waals surface area contributed by atoms with Crippen LogP contribution in [0, 0.1) is 0 Å². The van der Waals surface area contributed by atoms with E-state index in [1.807, 2.05) is 13.8 Å². The first-order chi connectivity index (χ1) is 18.0. The van der Waals surface area contributed by atoms with Crippen molar-refractivity contribution < 1.29 is 22.7 Å². The van der Waals surface area contributed by atoms with E-state index in [0.29, 0.717) is 10.8 Å². The Morgan fingerprint density at radius 3 is 2.08 bits per heavy atom. The average molecular weight is 558 g/mol. The maximum absolute atomic E-state index is 13.8. The minimum absolute atomic E-state index is 0.0402. The lowest BCUT2D eigenvalue weighted by atomic mass is 10.1. The number of hydrogen-bond donors (Lipinski definition) is 1. The summed E-state index contributed by atoms with van der Waals surface area (Å²) in [7, 11) is -2.61. The quantitative estimate of drug-likeness (QED) is 0.375. The molecule has 0 saturated carbocycles. The molecule has 1 N–H and O–H groups in total. The zero-order valence-corrected chi connectivity index (χ0v) is 23.4. The van der Waals surface area contributed by atoms with E-state index in [-0.39, 0.29) is 29.1 Å². The van der Waals surface area contributed by atoms with Crippen LogP contribution in [0.2, 0.25) is 5.02 Å². The fourth-order valence-corrected chi connectivity index (χ4v) is 5.33. The molecule has 38 heavy (non-hydrogen) atoms. The fraction of sp³-hybridized carbons (Fsp3) is 0.286.